The lowest BCUT2D eigenvalue weighted by Crippen LogP contribution is -2.42. The standard InChI is InChI=1S/C21H22N4O4/c1-27-16-3-5-17(6-4-16)29-13-20-19-8-7-18(28-2)9-14(19)10-21(26)25(20)12-15-11-22-24-23-15/h3-9,11,20H,10,12-13H2,1-2H3,(H,22,23,24). The van der Waals surface area contributed by atoms with E-state index in [1.54, 1.807) is 25.3 Å². The third-order valence-corrected chi connectivity index (χ3v) is 5.01. The molecule has 1 N–H and O–H groups in total. The minimum atomic E-state index is -0.254. The molecule has 1 aromatic heterocycles. The van der Waals surface area contributed by atoms with Crippen LogP contribution in [0, 0.1) is 0 Å². The lowest BCUT2D eigenvalue weighted by Gasteiger charge is -2.36. The van der Waals surface area contributed by atoms with E-state index in [1.807, 2.05) is 42.5 Å². The number of benzene rings is 2. The highest BCUT2D eigenvalue weighted by molar-refractivity contribution is 5.82. The molecule has 1 atom stereocenters. The van der Waals surface area contributed by atoms with Gasteiger partial charge in [-0.25, -0.2) is 0 Å². The summed E-state index contributed by atoms with van der Waals surface area (Å²) >= 11 is 0. The number of rotatable bonds is 7. The maximum atomic E-state index is 12.9. The molecule has 2 heterocycles. The maximum Gasteiger partial charge on any atom is 0.227 e. The van der Waals surface area contributed by atoms with Gasteiger partial charge in [0.25, 0.3) is 0 Å². The first-order valence-corrected chi connectivity index (χ1v) is 9.25. The van der Waals surface area contributed by atoms with Gasteiger partial charge < -0.3 is 19.1 Å². The number of carbonyl (C=O) groups is 1. The van der Waals surface area contributed by atoms with Gasteiger partial charge in [0, 0.05) is 0 Å². The Morgan fingerprint density at radius 3 is 2.48 bits per heavy atom. The van der Waals surface area contributed by atoms with Crippen LogP contribution < -0.4 is 14.2 Å². The van der Waals surface area contributed by atoms with E-state index < -0.39 is 0 Å². The molecule has 1 unspecified atom stereocenters. The Kier molecular flexibility index (Phi) is 5.33. The van der Waals surface area contributed by atoms with Crippen LogP contribution in [0.2, 0.25) is 0 Å². The van der Waals surface area contributed by atoms with Crippen LogP contribution in [0.25, 0.3) is 0 Å². The highest BCUT2D eigenvalue weighted by Crippen LogP contribution is 2.34. The Bertz CT molecular complexity index is 973. The van der Waals surface area contributed by atoms with E-state index in [-0.39, 0.29) is 11.9 Å². The summed E-state index contributed by atoms with van der Waals surface area (Å²) in [5, 5.41) is 10.5. The number of aromatic amines is 1. The first kappa shape index (κ1) is 18.8. The summed E-state index contributed by atoms with van der Waals surface area (Å²) in [6, 6.07) is 12.9. The van der Waals surface area contributed by atoms with Crippen LogP contribution in [-0.2, 0) is 17.8 Å². The molecule has 0 aliphatic carbocycles. The molecule has 4 rings (SSSR count). The molecule has 0 fully saturated rings. The first-order chi connectivity index (χ1) is 14.2. The van der Waals surface area contributed by atoms with Crippen molar-refractivity contribution in [2.45, 2.75) is 19.0 Å². The first-order valence-electron chi connectivity index (χ1n) is 9.25. The van der Waals surface area contributed by atoms with Crippen molar-refractivity contribution in [3.8, 4) is 17.2 Å². The average molecular weight is 394 g/mol. The molecule has 8 nitrogen and oxygen atoms in total. The third kappa shape index (κ3) is 4.01. The summed E-state index contributed by atoms with van der Waals surface area (Å²) in [6.07, 6.45) is 1.93. The fourth-order valence-corrected chi connectivity index (χ4v) is 3.49. The maximum absolute atomic E-state index is 12.9. The zero-order valence-electron chi connectivity index (χ0n) is 16.3. The zero-order chi connectivity index (χ0) is 20.2. The quantitative estimate of drug-likeness (QED) is 0.662. The van der Waals surface area contributed by atoms with Crippen molar-refractivity contribution >= 4 is 5.91 Å². The Morgan fingerprint density at radius 2 is 1.79 bits per heavy atom. The molecular formula is C21H22N4O4. The van der Waals surface area contributed by atoms with Gasteiger partial charge in [0.1, 0.15) is 29.5 Å². The lowest BCUT2D eigenvalue weighted by molar-refractivity contribution is -0.135. The van der Waals surface area contributed by atoms with Gasteiger partial charge in [0.2, 0.25) is 5.91 Å². The predicted octanol–water partition coefficient (Wildman–Crippen LogP) is 2.53. The number of amides is 1. The van der Waals surface area contributed by atoms with E-state index in [0.717, 1.165) is 22.6 Å². The van der Waals surface area contributed by atoms with Crippen LogP contribution in [0.3, 0.4) is 0 Å². The summed E-state index contributed by atoms with van der Waals surface area (Å²) in [4.78, 5) is 14.7. The Balaban J connectivity index is 1.61. The van der Waals surface area contributed by atoms with Gasteiger partial charge in [-0.1, -0.05) is 6.07 Å². The van der Waals surface area contributed by atoms with Gasteiger partial charge >= 0.3 is 0 Å². The van der Waals surface area contributed by atoms with E-state index in [1.165, 1.54) is 0 Å². The third-order valence-electron chi connectivity index (χ3n) is 5.01. The number of fused-ring (bicyclic) bond motifs is 1. The van der Waals surface area contributed by atoms with Crippen LogP contribution >= 0.6 is 0 Å². The summed E-state index contributed by atoms with van der Waals surface area (Å²) in [5.41, 5.74) is 2.70. The molecule has 29 heavy (non-hydrogen) atoms. The summed E-state index contributed by atoms with van der Waals surface area (Å²) in [6.45, 7) is 0.673. The number of hydrogen-bond donors (Lipinski definition) is 1. The summed E-state index contributed by atoms with van der Waals surface area (Å²) in [5.74, 6) is 2.21. The molecule has 8 heteroatoms. The van der Waals surface area contributed by atoms with Crippen molar-refractivity contribution in [2.75, 3.05) is 20.8 Å². The Labute approximate surface area is 168 Å². The predicted molar refractivity (Wildman–Crippen MR) is 105 cm³/mol. The number of ether oxygens (including phenoxy) is 3. The number of nitrogens with zero attached hydrogens (tertiary/aromatic N) is 3. The highest BCUT2D eigenvalue weighted by atomic mass is 16.5. The molecule has 2 aromatic carbocycles. The molecular weight excluding hydrogens is 372 g/mol. The molecule has 0 radical (unpaired) electrons. The second-order valence-electron chi connectivity index (χ2n) is 6.73. The molecule has 0 spiro atoms. The Hall–Kier alpha value is -3.55. The van der Waals surface area contributed by atoms with Crippen molar-refractivity contribution in [1.82, 2.24) is 20.3 Å². The fourth-order valence-electron chi connectivity index (χ4n) is 3.49. The second-order valence-corrected chi connectivity index (χ2v) is 6.73. The normalized spacial score (nSPS) is 15.7. The van der Waals surface area contributed by atoms with Gasteiger partial charge in [-0.05, 0) is 47.5 Å². The van der Waals surface area contributed by atoms with E-state index >= 15 is 0 Å². The number of methoxy groups -OCH3 is 2. The molecule has 150 valence electrons. The SMILES string of the molecule is COc1ccc(OCC2c3ccc(OC)cc3CC(=O)N2Cc2cn[nH]n2)cc1. The second kappa shape index (κ2) is 8.22. The van der Waals surface area contributed by atoms with E-state index in [9.17, 15) is 4.79 Å². The monoisotopic (exact) mass is 394 g/mol. The number of hydrogen-bond acceptors (Lipinski definition) is 6. The van der Waals surface area contributed by atoms with Gasteiger partial charge in [-0.3, -0.25) is 4.79 Å². The van der Waals surface area contributed by atoms with Crippen LogP contribution in [0.15, 0.2) is 48.7 Å². The zero-order valence-corrected chi connectivity index (χ0v) is 16.3. The smallest absolute Gasteiger partial charge is 0.227 e. The average Bonchev–Trinajstić information content (AvgIpc) is 3.27. The number of carbonyl (C=O) groups excluding carboxylic acids is 1. The largest absolute Gasteiger partial charge is 0.497 e. The fraction of sp³-hybridized carbons (Fsp3) is 0.286. The number of nitrogens with one attached hydrogen (secondary N) is 1. The minimum absolute atomic E-state index is 0.0112. The van der Waals surface area contributed by atoms with Gasteiger partial charge in [-0.2, -0.15) is 15.4 Å². The Morgan fingerprint density at radius 1 is 1.07 bits per heavy atom. The molecule has 0 saturated heterocycles. The van der Waals surface area contributed by atoms with Crippen molar-refractivity contribution in [3.63, 3.8) is 0 Å². The lowest BCUT2D eigenvalue weighted by atomic mass is 9.92. The molecule has 0 saturated carbocycles. The van der Waals surface area contributed by atoms with Crippen molar-refractivity contribution in [3.05, 3.63) is 65.5 Å². The molecule has 1 amide bonds. The number of H-pyrrole nitrogens is 1. The van der Waals surface area contributed by atoms with Gasteiger partial charge in [0.05, 0.1) is 39.4 Å². The molecule has 1 aliphatic heterocycles. The van der Waals surface area contributed by atoms with E-state index in [0.29, 0.717) is 31.0 Å². The molecule has 3 aromatic rings. The summed E-state index contributed by atoms with van der Waals surface area (Å²) < 4.78 is 16.5. The topological polar surface area (TPSA) is 89.6 Å². The van der Waals surface area contributed by atoms with E-state index in [2.05, 4.69) is 15.4 Å². The van der Waals surface area contributed by atoms with Crippen molar-refractivity contribution in [2.24, 2.45) is 0 Å². The van der Waals surface area contributed by atoms with Gasteiger partial charge in [-0.15, -0.1) is 0 Å². The van der Waals surface area contributed by atoms with Crippen LogP contribution in [-0.4, -0.2) is 47.0 Å². The minimum Gasteiger partial charge on any atom is -0.497 e. The van der Waals surface area contributed by atoms with E-state index in [4.69, 9.17) is 14.2 Å². The van der Waals surface area contributed by atoms with Crippen molar-refractivity contribution < 1.29 is 19.0 Å². The van der Waals surface area contributed by atoms with Crippen LogP contribution in [0.4, 0.5) is 0 Å². The van der Waals surface area contributed by atoms with Crippen molar-refractivity contribution in [1.29, 1.82) is 0 Å². The molecule has 1 aliphatic rings. The highest BCUT2D eigenvalue weighted by Gasteiger charge is 2.33. The van der Waals surface area contributed by atoms with Crippen LogP contribution in [0.5, 0.6) is 17.2 Å². The summed E-state index contributed by atoms with van der Waals surface area (Å²) in [7, 11) is 3.24. The van der Waals surface area contributed by atoms with Crippen LogP contribution in [0.1, 0.15) is 22.9 Å². The molecule has 0 bridgehead atoms. The number of aromatic nitrogens is 3. The van der Waals surface area contributed by atoms with Gasteiger partial charge in [0.15, 0.2) is 0 Å².